The summed E-state index contributed by atoms with van der Waals surface area (Å²) in [4.78, 5) is 10.5. The van der Waals surface area contributed by atoms with Crippen LogP contribution < -0.4 is 5.32 Å². The van der Waals surface area contributed by atoms with Crippen LogP contribution in [-0.2, 0) is 22.5 Å². The van der Waals surface area contributed by atoms with E-state index in [2.05, 4.69) is 19.2 Å². The third-order valence-electron chi connectivity index (χ3n) is 2.58. The van der Waals surface area contributed by atoms with Gasteiger partial charge >= 0.3 is 5.97 Å². The molecule has 0 saturated heterocycles. The van der Waals surface area contributed by atoms with Crippen LogP contribution in [0.4, 0.5) is 0 Å². The molecule has 4 heteroatoms. The van der Waals surface area contributed by atoms with Crippen molar-refractivity contribution in [1.29, 1.82) is 0 Å². The quantitative estimate of drug-likeness (QED) is 0.671. The molecular formula is C15H23NO3. The van der Waals surface area contributed by atoms with Gasteiger partial charge in [0.1, 0.15) is 0 Å². The largest absolute Gasteiger partial charge is 0.481 e. The molecule has 106 valence electrons. The van der Waals surface area contributed by atoms with E-state index in [1.165, 1.54) is 0 Å². The molecule has 0 aliphatic heterocycles. The Balaban J connectivity index is 2.17. The Hall–Kier alpha value is -1.39. The molecule has 1 rings (SSSR count). The van der Waals surface area contributed by atoms with E-state index in [0.717, 1.165) is 37.4 Å². The van der Waals surface area contributed by atoms with E-state index in [-0.39, 0.29) is 6.42 Å². The molecule has 0 unspecified atom stereocenters. The normalized spacial score (nSPS) is 10.9. The SMILES string of the molecule is CC(C)COCCNCc1ccc(CC(=O)O)cc1. The Kier molecular flexibility index (Phi) is 7.15. The molecule has 0 aliphatic rings. The molecule has 1 aromatic rings. The van der Waals surface area contributed by atoms with E-state index in [1.807, 2.05) is 24.3 Å². The lowest BCUT2D eigenvalue weighted by Gasteiger charge is -2.08. The van der Waals surface area contributed by atoms with Gasteiger partial charge in [-0.3, -0.25) is 4.79 Å². The van der Waals surface area contributed by atoms with Crippen LogP contribution in [-0.4, -0.2) is 30.8 Å². The zero-order valence-electron chi connectivity index (χ0n) is 11.7. The monoisotopic (exact) mass is 265 g/mol. The van der Waals surface area contributed by atoms with Crippen molar-refractivity contribution in [2.45, 2.75) is 26.8 Å². The van der Waals surface area contributed by atoms with Gasteiger partial charge in [0, 0.05) is 19.7 Å². The molecule has 0 spiro atoms. The molecule has 0 saturated carbocycles. The van der Waals surface area contributed by atoms with Crippen LogP contribution in [0.3, 0.4) is 0 Å². The van der Waals surface area contributed by atoms with Crippen molar-refractivity contribution in [1.82, 2.24) is 5.32 Å². The van der Waals surface area contributed by atoms with Gasteiger partial charge in [-0.15, -0.1) is 0 Å². The van der Waals surface area contributed by atoms with Crippen LogP contribution >= 0.6 is 0 Å². The van der Waals surface area contributed by atoms with Gasteiger partial charge < -0.3 is 15.2 Å². The minimum absolute atomic E-state index is 0.0801. The highest BCUT2D eigenvalue weighted by Crippen LogP contribution is 2.05. The third kappa shape index (κ3) is 7.59. The predicted octanol–water partition coefficient (Wildman–Crippen LogP) is 2.08. The van der Waals surface area contributed by atoms with Crippen molar-refractivity contribution in [3.63, 3.8) is 0 Å². The first-order chi connectivity index (χ1) is 9.08. The molecule has 0 bridgehead atoms. The van der Waals surface area contributed by atoms with Crippen molar-refractivity contribution in [3.8, 4) is 0 Å². The molecule has 4 nitrogen and oxygen atoms in total. The topological polar surface area (TPSA) is 58.6 Å². The maximum absolute atomic E-state index is 10.5. The average molecular weight is 265 g/mol. The molecule has 0 aliphatic carbocycles. The average Bonchev–Trinajstić information content (AvgIpc) is 2.34. The summed E-state index contributed by atoms with van der Waals surface area (Å²) in [6.45, 7) is 7.38. The summed E-state index contributed by atoms with van der Waals surface area (Å²) in [5, 5.41) is 12.0. The van der Waals surface area contributed by atoms with Crippen molar-refractivity contribution < 1.29 is 14.6 Å². The number of rotatable bonds is 9. The maximum Gasteiger partial charge on any atom is 0.307 e. The smallest absolute Gasteiger partial charge is 0.307 e. The number of carboxylic acid groups (broad SMARTS) is 1. The van der Waals surface area contributed by atoms with Crippen molar-refractivity contribution in [2.24, 2.45) is 5.92 Å². The Labute approximate surface area is 114 Å². The third-order valence-corrected chi connectivity index (χ3v) is 2.58. The molecule has 0 radical (unpaired) electrons. The molecule has 0 fully saturated rings. The highest BCUT2D eigenvalue weighted by molar-refractivity contribution is 5.70. The minimum atomic E-state index is -0.798. The number of hydrogen-bond donors (Lipinski definition) is 2. The highest BCUT2D eigenvalue weighted by Gasteiger charge is 2.00. The predicted molar refractivity (Wildman–Crippen MR) is 75.1 cm³/mol. The van der Waals surface area contributed by atoms with Gasteiger partial charge in [0.25, 0.3) is 0 Å². The number of nitrogens with one attached hydrogen (secondary N) is 1. The second kappa shape index (κ2) is 8.67. The number of benzene rings is 1. The van der Waals surface area contributed by atoms with E-state index in [1.54, 1.807) is 0 Å². The lowest BCUT2D eigenvalue weighted by Crippen LogP contribution is -2.20. The Bertz CT molecular complexity index is 373. The Morgan fingerprint density at radius 1 is 1.26 bits per heavy atom. The van der Waals surface area contributed by atoms with Crippen LogP contribution in [0.25, 0.3) is 0 Å². The molecule has 1 aromatic carbocycles. The minimum Gasteiger partial charge on any atom is -0.481 e. The van der Waals surface area contributed by atoms with Gasteiger partial charge in [0.15, 0.2) is 0 Å². The Morgan fingerprint density at radius 3 is 2.47 bits per heavy atom. The van der Waals surface area contributed by atoms with E-state index in [9.17, 15) is 4.79 Å². The first-order valence-corrected chi connectivity index (χ1v) is 6.66. The van der Waals surface area contributed by atoms with Crippen molar-refractivity contribution >= 4 is 5.97 Å². The van der Waals surface area contributed by atoms with Gasteiger partial charge in [0.05, 0.1) is 13.0 Å². The number of aliphatic carboxylic acids is 1. The molecular weight excluding hydrogens is 242 g/mol. The van der Waals surface area contributed by atoms with Crippen LogP contribution in [0.1, 0.15) is 25.0 Å². The van der Waals surface area contributed by atoms with Crippen molar-refractivity contribution in [2.75, 3.05) is 19.8 Å². The summed E-state index contributed by atoms with van der Waals surface area (Å²) < 4.78 is 5.47. The van der Waals surface area contributed by atoms with Crippen LogP contribution in [0.5, 0.6) is 0 Å². The summed E-state index contributed by atoms with van der Waals surface area (Å²) in [7, 11) is 0. The summed E-state index contributed by atoms with van der Waals surface area (Å²) >= 11 is 0. The summed E-state index contributed by atoms with van der Waals surface area (Å²) in [6.07, 6.45) is 0.0801. The molecule has 0 heterocycles. The molecule has 0 atom stereocenters. The maximum atomic E-state index is 10.5. The number of hydrogen-bond acceptors (Lipinski definition) is 3. The first-order valence-electron chi connectivity index (χ1n) is 6.66. The van der Waals surface area contributed by atoms with Gasteiger partial charge in [-0.1, -0.05) is 38.1 Å². The molecule has 0 amide bonds. The molecule has 19 heavy (non-hydrogen) atoms. The van der Waals surface area contributed by atoms with Gasteiger partial charge in [-0.05, 0) is 17.0 Å². The van der Waals surface area contributed by atoms with E-state index >= 15 is 0 Å². The second-order valence-electron chi connectivity index (χ2n) is 5.03. The van der Waals surface area contributed by atoms with Crippen LogP contribution in [0, 0.1) is 5.92 Å². The zero-order valence-corrected chi connectivity index (χ0v) is 11.7. The Morgan fingerprint density at radius 2 is 1.89 bits per heavy atom. The molecule has 2 N–H and O–H groups in total. The van der Waals surface area contributed by atoms with Gasteiger partial charge in [-0.25, -0.2) is 0 Å². The number of carboxylic acids is 1. The summed E-state index contributed by atoms with van der Waals surface area (Å²) in [6, 6.07) is 7.64. The summed E-state index contributed by atoms with van der Waals surface area (Å²) in [5.74, 6) is -0.227. The fourth-order valence-corrected chi connectivity index (χ4v) is 1.65. The van der Waals surface area contributed by atoms with Crippen molar-refractivity contribution in [3.05, 3.63) is 35.4 Å². The van der Waals surface area contributed by atoms with E-state index in [0.29, 0.717) is 5.92 Å². The van der Waals surface area contributed by atoms with E-state index in [4.69, 9.17) is 9.84 Å². The standard InChI is InChI=1S/C15H23NO3/c1-12(2)11-19-8-7-16-10-14-5-3-13(4-6-14)9-15(17)18/h3-6,12,16H,7-11H2,1-2H3,(H,17,18). The number of ether oxygens (including phenoxy) is 1. The van der Waals surface area contributed by atoms with Crippen LogP contribution in [0.2, 0.25) is 0 Å². The number of carbonyl (C=O) groups is 1. The fraction of sp³-hybridized carbons (Fsp3) is 0.533. The van der Waals surface area contributed by atoms with Gasteiger partial charge in [0.2, 0.25) is 0 Å². The first kappa shape index (κ1) is 15.7. The fourth-order valence-electron chi connectivity index (χ4n) is 1.65. The second-order valence-corrected chi connectivity index (χ2v) is 5.03. The highest BCUT2D eigenvalue weighted by atomic mass is 16.5. The lowest BCUT2D eigenvalue weighted by atomic mass is 10.1. The van der Waals surface area contributed by atoms with Crippen LogP contribution in [0.15, 0.2) is 24.3 Å². The van der Waals surface area contributed by atoms with Gasteiger partial charge in [-0.2, -0.15) is 0 Å². The molecule has 0 aromatic heterocycles. The lowest BCUT2D eigenvalue weighted by molar-refractivity contribution is -0.136. The van der Waals surface area contributed by atoms with E-state index < -0.39 is 5.97 Å². The summed E-state index contributed by atoms with van der Waals surface area (Å²) in [5.41, 5.74) is 1.98. The zero-order chi connectivity index (χ0) is 14.1.